The van der Waals surface area contributed by atoms with E-state index in [1.807, 2.05) is 12.3 Å². The van der Waals surface area contributed by atoms with Crippen LogP contribution in [0.2, 0.25) is 0 Å². The molecule has 5 heteroatoms. The third-order valence-electron chi connectivity index (χ3n) is 2.83. The van der Waals surface area contributed by atoms with Gasteiger partial charge < -0.3 is 15.2 Å². The summed E-state index contributed by atoms with van der Waals surface area (Å²) in [4.78, 5) is 4.53. The molecule has 0 fully saturated rings. The first-order chi connectivity index (χ1) is 7.57. The molecule has 92 valence electrons. The maximum absolute atomic E-state index is 5.92. The highest BCUT2D eigenvalue weighted by Gasteiger charge is 2.28. The molecule has 0 spiro atoms. The van der Waals surface area contributed by atoms with Gasteiger partial charge in [0, 0.05) is 19.6 Å². The van der Waals surface area contributed by atoms with Crippen LogP contribution in [0.4, 0.5) is 0 Å². The lowest BCUT2D eigenvalue weighted by atomic mass is 10.0. The number of rotatable bonds is 6. The Bertz CT molecular complexity index is 324. The number of methoxy groups -OCH3 is 2. The Morgan fingerprint density at radius 3 is 2.75 bits per heavy atom. The molecule has 0 amide bonds. The van der Waals surface area contributed by atoms with E-state index in [4.69, 9.17) is 15.2 Å². The summed E-state index contributed by atoms with van der Waals surface area (Å²) in [5, 5.41) is 2.95. The lowest BCUT2D eigenvalue weighted by Crippen LogP contribution is -2.23. The molecule has 2 atom stereocenters. The van der Waals surface area contributed by atoms with E-state index in [0.29, 0.717) is 6.61 Å². The highest BCUT2D eigenvalue weighted by atomic mass is 32.1. The van der Waals surface area contributed by atoms with Gasteiger partial charge in [-0.3, -0.25) is 0 Å². The number of hydrogen-bond acceptors (Lipinski definition) is 5. The molecule has 2 unspecified atom stereocenters. The third-order valence-corrected chi connectivity index (χ3v) is 3.93. The van der Waals surface area contributed by atoms with Gasteiger partial charge in [-0.2, -0.15) is 0 Å². The minimum Gasteiger partial charge on any atom is -0.383 e. The lowest BCUT2D eigenvalue weighted by Gasteiger charge is -2.23. The van der Waals surface area contributed by atoms with Gasteiger partial charge in [-0.1, -0.05) is 6.92 Å². The molecule has 1 rings (SSSR count). The van der Waals surface area contributed by atoms with E-state index in [9.17, 15) is 0 Å². The molecule has 4 nitrogen and oxygen atoms in total. The number of aromatic nitrogens is 1. The Labute approximate surface area is 101 Å². The Kier molecular flexibility index (Phi) is 4.86. The second-order valence-electron chi connectivity index (χ2n) is 3.93. The van der Waals surface area contributed by atoms with Gasteiger partial charge in [-0.15, -0.1) is 11.3 Å². The van der Waals surface area contributed by atoms with E-state index in [1.54, 1.807) is 25.6 Å². The van der Waals surface area contributed by atoms with Crippen LogP contribution in [0, 0.1) is 0 Å². The molecule has 0 saturated carbocycles. The van der Waals surface area contributed by atoms with E-state index in [1.165, 1.54) is 0 Å². The molecule has 1 heterocycles. The van der Waals surface area contributed by atoms with Crippen LogP contribution in [0.3, 0.4) is 0 Å². The van der Waals surface area contributed by atoms with Crippen molar-refractivity contribution in [2.75, 3.05) is 20.8 Å². The maximum Gasteiger partial charge on any atom is 0.125 e. The van der Waals surface area contributed by atoms with Gasteiger partial charge in [-0.05, 0) is 13.3 Å². The van der Waals surface area contributed by atoms with Crippen molar-refractivity contribution in [3.63, 3.8) is 0 Å². The monoisotopic (exact) mass is 244 g/mol. The molecule has 0 bridgehead atoms. The molecule has 0 radical (unpaired) electrons. The van der Waals surface area contributed by atoms with Crippen LogP contribution in [-0.2, 0) is 15.1 Å². The van der Waals surface area contributed by atoms with Crippen LogP contribution in [0.15, 0.2) is 5.38 Å². The van der Waals surface area contributed by atoms with Crippen molar-refractivity contribution in [3.8, 4) is 0 Å². The standard InChI is InChI=1S/C11H20N2O2S/c1-5-11(2,15-4)10-13-9(7-16-10)8(12)6-14-3/h7-8H,5-6,12H2,1-4H3. The topological polar surface area (TPSA) is 57.4 Å². The molecular weight excluding hydrogens is 224 g/mol. The molecule has 0 aliphatic heterocycles. The van der Waals surface area contributed by atoms with E-state index in [-0.39, 0.29) is 11.6 Å². The largest absolute Gasteiger partial charge is 0.383 e. The van der Waals surface area contributed by atoms with Crippen LogP contribution < -0.4 is 5.73 Å². The fourth-order valence-electron chi connectivity index (χ4n) is 1.35. The zero-order valence-corrected chi connectivity index (χ0v) is 11.1. The molecule has 0 aliphatic carbocycles. The summed E-state index contributed by atoms with van der Waals surface area (Å²) in [5.74, 6) is 0. The van der Waals surface area contributed by atoms with Crippen molar-refractivity contribution in [2.45, 2.75) is 31.9 Å². The van der Waals surface area contributed by atoms with E-state index >= 15 is 0 Å². The summed E-state index contributed by atoms with van der Waals surface area (Å²) in [5.41, 5.74) is 6.49. The summed E-state index contributed by atoms with van der Waals surface area (Å²) in [6.07, 6.45) is 0.885. The first-order valence-electron chi connectivity index (χ1n) is 5.33. The van der Waals surface area contributed by atoms with Crippen LogP contribution in [0.1, 0.15) is 37.0 Å². The zero-order valence-electron chi connectivity index (χ0n) is 10.3. The van der Waals surface area contributed by atoms with Crippen LogP contribution in [0.25, 0.3) is 0 Å². The summed E-state index contributed by atoms with van der Waals surface area (Å²) >= 11 is 1.59. The minimum absolute atomic E-state index is 0.159. The molecule has 0 saturated heterocycles. The highest BCUT2D eigenvalue weighted by Crippen LogP contribution is 2.31. The fourth-order valence-corrected chi connectivity index (χ4v) is 2.44. The van der Waals surface area contributed by atoms with Gasteiger partial charge in [0.25, 0.3) is 0 Å². The van der Waals surface area contributed by atoms with E-state index in [2.05, 4.69) is 11.9 Å². The normalized spacial score (nSPS) is 17.1. The SMILES string of the molecule is CCC(C)(OC)c1nc(C(N)COC)cs1. The summed E-state index contributed by atoms with van der Waals surface area (Å²) in [6.45, 7) is 4.61. The number of nitrogens with zero attached hydrogens (tertiary/aromatic N) is 1. The first kappa shape index (κ1) is 13.6. The Morgan fingerprint density at radius 1 is 1.56 bits per heavy atom. The van der Waals surface area contributed by atoms with Gasteiger partial charge in [0.15, 0.2) is 0 Å². The predicted octanol–water partition coefficient (Wildman–Crippen LogP) is 2.06. The number of thiazole rings is 1. The predicted molar refractivity (Wildman–Crippen MR) is 65.6 cm³/mol. The van der Waals surface area contributed by atoms with E-state index < -0.39 is 0 Å². The van der Waals surface area contributed by atoms with Crippen molar-refractivity contribution >= 4 is 11.3 Å². The minimum atomic E-state index is -0.310. The average molecular weight is 244 g/mol. The van der Waals surface area contributed by atoms with Gasteiger partial charge >= 0.3 is 0 Å². The highest BCUT2D eigenvalue weighted by molar-refractivity contribution is 7.09. The second-order valence-corrected chi connectivity index (χ2v) is 4.79. The summed E-state index contributed by atoms with van der Waals surface area (Å²) < 4.78 is 10.5. The van der Waals surface area contributed by atoms with Gasteiger partial charge in [0.1, 0.15) is 10.6 Å². The van der Waals surface area contributed by atoms with Gasteiger partial charge in [-0.25, -0.2) is 4.98 Å². The lowest BCUT2D eigenvalue weighted by molar-refractivity contribution is -0.00174. The van der Waals surface area contributed by atoms with Gasteiger partial charge in [0.05, 0.1) is 18.3 Å². The van der Waals surface area contributed by atoms with Crippen LogP contribution in [-0.4, -0.2) is 25.8 Å². The van der Waals surface area contributed by atoms with E-state index in [0.717, 1.165) is 17.1 Å². The Balaban J connectivity index is 2.85. The maximum atomic E-state index is 5.92. The average Bonchev–Trinajstić information content (AvgIpc) is 2.78. The zero-order chi connectivity index (χ0) is 12.2. The Hall–Kier alpha value is -0.490. The quantitative estimate of drug-likeness (QED) is 0.832. The molecule has 16 heavy (non-hydrogen) atoms. The fraction of sp³-hybridized carbons (Fsp3) is 0.727. The Morgan fingerprint density at radius 2 is 2.25 bits per heavy atom. The van der Waals surface area contributed by atoms with Crippen molar-refractivity contribution in [1.82, 2.24) is 4.98 Å². The van der Waals surface area contributed by atoms with Crippen molar-refractivity contribution in [2.24, 2.45) is 5.73 Å². The van der Waals surface area contributed by atoms with Crippen LogP contribution >= 0.6 is 11.3 Å². The number of nitrogens with two attached hydrogens (primary N) is 1. The smallest absolute Gasteiger partial charge is 0.125 e. The third kappa shape index (κ3) is 2.79. The molecular formula is C11H20N2O2S. The molecule has 2 N–H and O–H groups in total. The summed E-state index contributed by atoms with van der Waals surface area (Å²) in [7, 11) is 3.35. The van der Waals surface area contributed by atoms with Crippen molar-refractivity contribution in [1.29, 1.82) is 0 Å². The second kappa shape index (κ2) is 5.72. The molecule has 0 aromatic carbocycles. The number of ether oxygens (including phenoxy) is 2. The van der Waals surface area contributed by atoms with Crippen molar-refractivity contribution in [3.05, 3.63) is 16.1 Å². The van der Waals surface area contributed by atoms with Crippen molar-refractivity contribution < 1.29 is 9.47 Å². The molecule has 0 aliphatic rings. The molecule has 1 aromatic rings. The molecule has 1 aromatic heterocycles. The summed E-state index contributed by atoms with van der Waals surface area (Å²) in [6, 6.07) is -0.159. The van der Waals surface area contributed by atoms with Gasteiger partial charge in [0.2, 0.25) is 0 Å². The first-order valence-corrected chi connectivity index (χ1v) is 6.21. The number of hydrogen-bond donors (Lipinski definition) is 1. The van der Waals surface area contributed by atoms with Crippen LogP contribution in [0.5, 0.6) is 0 Å².